The zero-order chi connectivity index (χ0) is 31.6. The molecule has 0 aliphatic heterocycles. The van der Waals surface area contributed by atoms with Gasteiger partial charge in [-0.1, -0.05) is 51.1 Å². The summed E-state index contributed by atoms with van der Waals surface area (Å²) in [5.74, 6) is 1.33. The van der Waals surface area contributed by atoms with Crippen LogP contribution in [0.15, 0.2) is 60.9 Å². The van der Waals surface area contributed by atoms with Crippen LogP contribution in [0.4, 0.5) is 0 Å². The number of benzene rings is 2. The van der Waals surface area contributed by atoms with Crippen molar-refractivity contribution in [1.82, 2.24) is 9.78 Å². The number of nitrogens with zero attached hydrogens (tertiary/aromatic N) is 2. The monoisotopic (exact) mass is 606 g/mol. The summed E-state index contributed by atoms with van der Waals surface area (Å²) in [6.45, 7) is 16.2. The fourth-order valence-corrected chi connectivity index (χ4v) is 6.22. The number of methoxy groups -OCH3 is 2. The first kappa shape index (κ1) is 34.1. The van der Waals surface area contributed by atoms with E-state index in [1.807, 2.05) is 23.9 Å². The van der Waals surface area contributed by atoms with Gasteiger partial charge in [0.2, 0.25) is 0 Å². The molecule has 0 saturated carbocycles. The lowest BCUT2D eigenvalue weighted by Crippen LogP contribution is -2.43. The maximum atomic E-state index is 11.9. The van der Waals surface area contributed by atoms with Crippen molar-refractivity contribution in [3.05, 3.63) is 83.2 Å². The molecule has 43 heavy (non-hydrogen) atoms. The molecule has 3 aromatic rings. The Morgan fingerprint density at radius 1 is 1.07 bits per heavy atom. The van der Waals surface area contributed by atoms with E-state index in [-0.39, 0.29) is 23.0 Å². The van der Waals surface area contributed by atoms with E-state index >= 15 is 0 Å². The highest BCUT2D eigenvalue weighted by atomic mass is 28.4. The van der Waals surface area contributed by atoms with Gasteiger partial charge in [-0.2, -0.15) is 5.10 Å². The van der Waals surface area contributed by atoms with E-state index in [2.05, 4.69) is 75.4 Å². The molecule has 0 amide bonds. The van der Waals surface area contributed by atoms with Crippen molar-refractivity contribution in [3.63, 3.8) is 0 Å². The number of aryl methyl sites for hydroxylation is 2. The number of carbonyl (C=O) groups is 1. The van der Waals surface area contributed by atoms with E-state index < -0.39 is 8.32 Å². The molecule has 0 spiro atoms. The number of carbonyl (C=O) groups excluding carboxylic acids is 1. The van der Waals surface area contributed by atoms with Crippen LogP contribution in [-0.2, 0) is 26.9 Å². The fraction of sp³-hybridized carbons (Fsp3) is 0.486. The van der Waals surface area contributed by atoms with Crippen LogP contribution in [0.1, 0.15) is 68.9 Å². The molecule has 2 atom stereocenters. The van der Waals surface area contributed by atoms with E-state index in [0.29, 0.717) is 13.2 Å². The van der Waals surface area contributed by atoms with Gasteiger partial charge in [0, 0.05) is 35.9 Å². The second kappa shape index (κ2) is 15.4. The van der Waals surface area contributed by atoms with Crippen LogP contribution in [0.5, 0.6) is 11.5 Å². The van der Waals surface area contributed by atoms with Crippen LogP contribution in [0.2, 0.25) is 18.1 Å². The summed E-state index contributed by atoms with van der Waals surface area (Å²) in [7, 11) is 1.19. The molecule has 8 heteroatoms. The maximum Gasteiger partial charge on any atom is 0.330 e. The first-order valence-corrected chi connectivity index (χ1v) is 18.1. The van der Waals surface area contributed by atoms with Crippen molar-refractivity contribution in [2.45, 2.75) is 84.7 Å². The Morgan fingerprint density at radius 2 is 1.77 bits per heavy atom. The minimum Gasteiger partial charge on any atom is -0.496 e. The van der Waals surface area contributed by atoms with E-state index in [1.54, 1.807) is 33.4 Å². The zero-order valence-corrected chi connectivity index (χ0v) is 28.5. The Balaban J connectivity index is 2.05. The third-order valence-electron chi connectivity index (χ3n) is 8.37. The summed E-state index contributed by atoms with van der Waals surface area (Å²) in [5, 5.41) is 4.68. The summed E-state index contributed by atoms with van der Waals surface area (Å²) >= 11 is 0. The van der Waals surface area contributed by atoms with Gasteiger partial charge in [-0.05, 0) is 80.6 Å². The summed E-state index contributed by atoms with van der Waals surface area (Å²) in [4.78, 5) is 11.9. The third-order valence-corrected chi connectivity index (χ3v) is 12.8. The van der Waals surface area contributed by atoms with Crippen molar-refractivity contribution >= 4 is 20.4 Å². The largest absolute Gasteiger partial charge is 0.496 e. The molecule has 234 valence electrons. The average Bonchev–Trinajstić information content (AvgIpc) is 3.41. The summed E-state index contributed by atoms with van der Waals surface area (Å²) < 4.78 is 26.0. The van der Waals surface area contributed by atoms with Crippen LogP contribution in [0.3, 0.4) is 0 Å². The van der Waals surface area contributed by atoms with Crippen molar-refractivity contribution in [3.8, 4) is 11.5 Å². The normalized spacial score (nSPS) is 13.6. The van der Waals surface area contributed by atoms with Gasteiger partial charge in [0.15, 0.2) is 8.32 Å². The van der Waals surface area contributed by atoms with Crippen LogP contribution in [0, 0.1) is 12.8 Å². The van der Waals surface area contributed by atoms with Gasteiger partial charge < -0.3 is 18.6 Å². The van der Waals surface area contributed by atoms with E-state index in [1.165, 1.54) is 11.6 Å². The molecule has 0 aliphatic carbocycles. The van der Waals surface area contributed by atoms with Crippen LogP contribution >= 0.6 is 0 Å². The van der Waals surface area contributed by atoms with Crippen molar-refractivity contribution in [1.29, 1.82) is 0 Å². The molecule has 0 aliphatic rings. The molecule has 3 rings (SSSR count). The summed E-state index contributed by atoms with van der Waals surface area (Å²) in [6, 6.07) is 14.7. The number of aromatic nitrogens is 2. The quantitative estimate of drug-likeness (QED) is 0.0987. The highest BCUT2D eigenvalue weighted by Crippen LogP contribution is 2.46. The lowest BCUT2D eigenvalue weighted by Gasteiger charge is -2.42. The van der Waals surface area contributed by atoms with Gasteiger partial charge in [0.1, 0.15) is 11.5 Å². The highest BCUT2D eigenvalue weighted by molar-refractivity contribution is 6.74. The topological polar surface area (TPSA) is 71.8 Å². The van der Waals surface area contributed by atoms with Crippen molar-refractivity contribution < 1.29 is 23.4 Å². The predicted molar refractivity (Wildman–Crippen MR) is 176 cm³/mol. The minimum absolute atomic E-state index is 0.0125. The Morgan fingerprint density at radius 3 is 2.40 bits per heavy atom. The maximum absolute atomic E-state index is 11.9. The molecular weight excluding hydrogens is 556 g/mol. The second-order valence-electron chi connectivity index (χ2n) is 12.6. The average molecular weight is 607 g/mol. The van der Waals surface area contributed by atoms with Gasteiger partial charge >= 0.3 is 5.97 Å². The molecule has 2 aromatic carbocycles. The molecule has 7 nitrogen and oxygen atoms in total. The van der Waals surface area contributed by atoms with Gasteiger partial charge in [-0.15, -0.1) is 0 Å². The number of esters is 1. The van der Waals surface area contributed by atoms with Gasteiger partial charge in [0.25, 0.3) is 0 Å². The summed E-state index contributed by atoms with van der Waals surface area (Å²) in [6.07, 6.45) is 9.56. The smallest absolute Gasteiger partial charge is 0.330 e. The lowest BCUT2D eigenvalue weighted by atomic mass is 9.89. The SMILES string of the molecule is CCOC(=O)C=Cc1cnn(C[C@H](CCCc2ccccc2)[C@H](O[Si](C)(C)C(C)(C)C)c2cc(OC)c(C)cc2OC)c1. The minimum atomic E-state index is -2.23. The predicted octanol–water partition coefficient (Wildman–Crippen LogP) is 8.19. The number of hydrogen-bond donors (Lipinski definition) is 0. The first-order chi connectivity index (χ1) is 20.4. The molecule has 0 saturated heterocycles. The highest BCUT2D eigenvalue weighted by Gasteiger charge is 2.42. The number of rotatable bonds is 15. The number of hydrogen-bond acceptors (Lipinski definition) is 6. The Labute approximate surface area is 259 Å². The first-order valence-electron chi connectivity index (χ1n) is 15.2. The molecule has 0 radical (unpaired) electrons. The third kappa shape index (κ3) is 9.56. The van der Waals surface area contributed by atoms with Gasteiger partial charge in [0.05, 0.1) is 33.1 Å². The Hall–Kier alpha value is -3.36. The van der Waals surface area contributed by atoms with E-state index in [4.69, 9.17) is 18.6 Å². The summed E-state index contributed by atoms with van der Waals surface area (Å²) in [5.41, 5.74) is 4.17. The van der Waals surface area contributed by atoms with E-state index in [0.717, 1.165) is 47.5 Å². The Bertz CT molecular complexity index is 1340. The Kier molecular flexibility index (Phi) is 12.2. The van der Waals surface area contributed by atoms with Crippen molar-refractivity contribution in [2.75, 3.05) is 20.8 Å². The van der Waals surface area contributed by atoms with Crippen molar-refractivity contribution in [2.24, 2.45) is 5.92 Å². The van der Waals surface area contributed by atoms with Gasteiger partial charge in [-0.3, -0.25) is 4.68 Å². The number of ether oxygens (including phenoxy) is 3. The van der Waals surface area contributed by atoms with E-state index in [9.17, 15) is 4.79 Å². The molecule has 0 unspecified atom stereocenters. The van der Waals surface area contributed by atoms with Crippen LogP contribution < -0.4 is 9.47 Å². The molecule has 1 heterocycles. The van der Waals surface area contributed by atoms with Crippen LogP contribution in [0.25, 0.3) is 6.08 Å². The molecule has 0 bridgehead atoms. The fourth-order valence-electron chi connectivity index (χ4n) is 4.92. The standard InChI is InChI=1S/C35H50N2O5Si/c1-10-41-33(38)20-19-28-23-36-37(24-28)25-29(18-14-17-27-15-12-11-13-16-27)34(42-43(8,9)35(3,4)5)30-22-31(39-6)26(2)21-32(30)40-7/h11-13,15-16,19-24,29,34H,10,14,17-18,25H2,1-9H3/t29-,34-/m0/s1. The lowest BCUT2D eigenvalue weighted by molar-refractivity contribution is -0.137. The molecule has 0 fully saturated rings. The zero-order valence-electron chi connectivity index (χ0n) is 27.5. The van der Waals surface area contributed by atoms with Gasteiger partial charge in [-0.25, -0.2) is 4.79 Å². The molecule has 1 aromatic heterocycles. The molecule has 0 N–H and O–H groups in total. The molecular formula is C35H50N2O5Si. The van der Waals surface area contributed by atoms with Crippen LogP contribution in [-0.4, -0.2) is 44.9 Å². The second-order valence-corrected chi connectivity index (χ2v) is 17.3.